The summed E-state index contributed by atoms with van der Waals surface area (Å²) in [7, 11) is 1.50. The first kappa shape index (κ1) is 20.2. The average Bonchev–Trinajstić information content (AvgIpc) is 2.73. The van der Waals surface area contributed by atoms with E-state index in [1.807, 2.05) is 6.07 Å². The van der Waals surface area contributed by atoms with E-state index < -0.39 is 16.9 Å². The van der Waals surface area contributed by atoms with E-state index in [0.29, 0.717) is 27.8 Å². The van der Waals surface area contributed by atoms with E-state index in [4.69, 9.17) is 21.1 Å². The van der Waals surface area contributed by atoms with Gasteiger partial charge in [0.2, 0.25) is 6.10 Å². The Morgan fingerprint density at radius 2 is 1.76 bits per heavy atom. The highest BCUT2D eigenvalue weighted by atomic mass is 35.5. The molecule has 0 spiro atoms. The Bertz CT molecular complexity index is 1010. The van der Waals surface area contributed by atoms with E-state index in [1.54, 1.807) is 42.5 Å². The van der Waals surface area contributed by atoms with Gasteiger partial charge < -0.3 is 14.8 Å². The first-order chi connectivity index (χ1) is 14.0. The van der Waals surface area contributed by atoms with Gasteiger partial charge in [0.1, 0.15) is 11.5 Å². The lowest BCUT2D eigenvalue weighted by atomic mass is 10.1. The van der Waals surface area contributed by atoms with Crippen LogP contribution in [0.4, 0.5) is 11.4 Å². The summed E-state index contributed by atoms with van der Waals surface area (Å²) in [6.07, 6.45) is -0.974. The third-order valence-electron chi connectivity index (χ3n) is 4.06. The summed E-state index contributed by atoms with van der Waals surface area (Å²) in [5, 5.41) is 14.0. The zero-order chi connectivity index (χ0) is 20.8. The van der Waals surface area contributed by atoms with Crippen LogP contribution in [0.5, 0.6) is 11.5 Å². The van der Waals surface area contributed by atoms with Crippen LogP contribution in [0, 0.1) is 10.1 Å². The number of nitrogens with one attached hydrogen (secondary N) is 1. The molecule has 3 aromatic carbocycles. The molecule has 0 saturated heterocycles. The summed E-state index contributed by atoms with van der Waals surface area (Å²) in [4.78, 5) is 23.3. The number of nitro benzene ring substituents is 1. The number of anilines is 1. The second-order valence-corrected chi connectivity index (χ2v) is 6.41. The molecular formula is C21H17ClN2O5. The minimum absolute atomic E-state index is 0.0639. The van der Waals surface area contributed by atoms with Crippen LogP contribution in [0.3, 0.4) is 0 Å². The maximum Gasteiger partial charge on any atom is 0.270 e. The molecule has 29 heavy (non-hydrogen) atoms. The number of rotatable bonds is 7. The lowest BCUT2D eigenvalue weighted by Crippen LogP contribution is -2.25. The van der Waals surface area contributed by atoms with Crippen molar-refractivity contribution < 1.29 is 19.2 Å². The summed E-state index contributed by atoms with van der Waals surface area (Å²) in [5.41, 5.74) is 1.04. The van der Waals surface area contributed by atoms with E-state index >= 15 is 0 Å². The lowest BCUT2D eigenvalue weighted by molar-refractivity contribution is -0.384. The molecule has 3 rings (SSSR count). The summed E-state index contributed by atoms with van der Waals surface area (Å²) in [5.74, 6) is 0.398. The zero-order valence-corrected chi connectivity index (χ0v) is 16.1. The number of halogens is 1. The van der Waals surface area contributed by atoms with Crippen molar-refractivity contribution in [2.45, 2.75) is 6.10 Å². The first-order valence-electron chi connectivity index (χ1n) is 8.58. The van der Waals surface area contributed by atoms with Crippen LogP contribution in [0.2, 0.25) is 5.02 Å². The topological polar surface area (TPSA) is 90.7 Å². The van der Waals surface area contributed by atoms with Gasteiger partial charge in [-0.3, -0.25) is 14.9 Å². The largest absolute Gasteiger partial charge is 0.495 e. The fourth-order valence-corrected chi connectivity index (χ4v) is 2.89. The van der Waals surface area contributed by atoms with Crippen molar-refractivity contribution >= 4 is 28.9 Å². The molecule has 0 aliphatic carbocycles. The fraction of sp³-hybridized carbons (Fsp3) is 0.0952. The van der Waals surface area contributed by atoms with Crippen LogP contribution in [0.1, 0.15) is 11.7 Å². The van der Waals surface area contributed by atoms with Gasteiger partial charge in [-0.15, -0.1) is 0 Å². The van der Waals surface area contributed by atoms with Crippen LogP contribution in [-0.2, 0) is 4.79 Å². The number of hydrogen-bond acceptors (Lipinski definition) is 5. The van der Waals surface area contributed by atoms with E-state index in [2.05, 4.69) is 5.32 Å². The van der Waals surface area contributed by atoms with Gasteiger partial charge in [-0.1, -0.05) is 41.9 Å². The Kier molecular flexibility index (Phi) is 6.31. The molecule has 8 heteroatoms. The maximum atomic E-state index is 12.9. The Morgan fingerprint density at radius 3 is 2.34 bits per heavy atom. The quantitative estimate of drug-likeness (QED) is 0.434. The van der Waals surface area contributed by atoms with Crippen molar-refractivity contribution in [2.24, 2.45) is 0 Å². The van der Waals surface area contributed by atoms with Crippen LogP contribution in [0.25, 0.3) is 0 Å². The van der Waals surface area contributed by atoms with Gasteiger partial charge in [0, 0.05) is 23.4 Å². The highest BCUT2D eigenvalue weighted by molar-refractivity contribution is 6.32. The van der Waals surface area contributed by atoms with Gasteiger partial charge in [0.15, 0.2) is 0 Å². The Hall–Kier alpha value is -3.58. The molecule has 0 heterocycles. The minimum Gasteiger partial charge on any atom is -0.495 e. The Labute approximate surface area is 172 Å². The summed E-state index contributed by atoms with van der Waals surface area (Å²) in [6.45, 7) is 0. The lowest BCUT2D eigenvalue weighted by Gasteiger charge is -2.19. The molecule has 0 fully saturated rings. The highest BCUT2D eigenvalue weighted by Gasteiger charge is 2.23. The van der Waals surface area contributed by atoms with Crippen molar-refractivity contribution in [1.82, 2.24) is 0 Å². The molecule has 0 aromatic heterocycles. The van der Waals surface area contributed by atoms with E-state index in [-0.39, 0.29) is 5.69 Å². The van der Waals surface area contributed by atoms with Crippen LogP contribution < -0.4 is 14.8 Å². The van der Waals surface area contributed by atoms with Crippen molar-refractivity contribution in [1.29, 1.82) is 0 Å². The van der Waals surface area contributed by atoms with Gasteiger partial charge in [-0.05, 0) is 30.3 Å². The maximum absolute atomic E-state index is 12.9. The van der Waals surface area contributed by atoms with Gasteiger partial charge >= 0.3 is 0 Å². The minimum atomic E-state index is -0.974. The SMILES string of the molecule is COc1ccc(NC(=O)[C@@H](Oc2ccc([N+](=O)[O-])cc2)c2ccccc2)cc1Cl. The molecule has 0 aliphatic rings. The Balaban J connectivity index is 1.84. The predicted molar refractivity (Wildman–Crippen MR) is 110 cm³/mol. The molecular weight excluding hydrogens is 396 g/mol. The Morgan fingerprint density at radius 1 is 1.07 bits per heavy atom. The van der Waals surface area contributed by atoms with Crippen molar-refractivity contribution in [2.75, 3.05) is 12.4 Å². The third-order valence-corrected chi connectivity index (χ3v) is 4.36. The molecule has 0 aliphatic heterocycles. The molecule has 7 nitrogen and oxygen atoms in total. The van der Waals surface area contributed by atoms with Crippen molar-refractivity contribution in [3.05, 3.63) is 93.5 Å². The molecule has 1 N–H and O–H groups in total. The average molecular weight is 413 g/mol. The van der Waals surface area contributed by atoms with E-state index in [1.165, 1.54) is 31.4 Å². The summed E-state index contributed by atoms with van der Waals surface area (Å²) >= 11 is 6.12. The fourth-order valence-electron chi connectivity index (χ4n) is 2.64. The smallest absolute Gasteiger partial charge is 0.270 e. The number of amides is 1. The number of carbonyl (C=O) groups is 1. The molecule has 3 aromatic rings. The number of hydrogen-bond donors (Lipinski definition) is 1. The van der Waals surface area contributed by atoms with Crippen molar-refractivity contribution in [3.63, 3.8) is 0 Å². The van der Waals surface area contributed by atoms with Gasteiger partial charge in [0.05, 0.1) is 17.1 Å². The molecule has 0 bridgehead atoms. The van der Waals surface area contributed by atoms with Gasteiger partial charge in [-0.2, -0.15) is 0 Å². The molecule has 0 saturated carbocycles. The van der Waals surface area contributed by atoms with Gasteiger partial charge in [-0.25, -0.2) is 0 Å². The molecule has 1 amide bonds. The normalized spacial score (nSPS) is 11.4. The van der Waals surface area contributed by atoms with E-state index in [0.717, 1.165) is 0 Å². The standard InChI is InChI=1S/C21H17ClN2O5/c1-28-19-12-7-15(13-18(19)22)23-21(25)20(14-5-3-2-4-6-14)29-17-10-8-16(9-11-17)24(26)27/h2-13,20H,1H3,(H,23,25)/t20-/m0/s1. The van der Waals surface area contributed by atoms with Crippen LogP contribution >= 0.6 is 11.6 Å². The number of ether oxygens (including phenoxy) is 2. The second kappa shape index (κ2) is 9.07. The first-order valence-corrected chi connectivity index (χ1v) is 8.96. The number of non-ortho nitro benzene ring substituents is 1. The van der Waals surface area contributed by atoms with Crippen LogP contribution in [0.15, 0.2) is 72.8 Å². The number of nitrogens with zero attached hydrogens (tertiary/aromatic N) is 1. The second-order valence-electron chi connectivity index (χ2n) is 6.00. The van der Waals surface area contributed by atoms with E-state index in [9.17, 15) is 14.9 Å². The summed E-state index contributed by atoms with van der Waals surface area (Å²) < 4.78 is 11.0. The summed E-state index contributed by atoms with van der Waals surface area (Å²) in [6, 6.07) is 19.3. The molecule has 1 atom stereocenters. The van der Waals surface area contributed by atoms with Crippen molar-refractivity contribution in [3.8, 4) is 11.5 Å². The molecule has 0 unspecified atom stereocenters. The number of nitro groups is 1. The zero-order valence-electron chi connectivity index (χ0n) is 15.4. The molecule has 0 radical (unpaired) electrons. The number of carbonyl (C=O) groups excluding carboxylic acids is 1. The third kappa shape index (κ3) is 5.03. The number of benzene rings is 3. The molecule has 148 valence electrons. The monoisotopic (exact) mass is 412 g/mol. The van der Waals surface area contributed by atoms with Crippen LogP contribution in [-0.4, -0.2) is 17.9 Å². The highest BCUT2D eigenvalue weighted by Crippen LogP contribution is 2.29. The number of methoxy groups -OCH3 is 1. The predicted octanol–water partition coefficient (Wildman–Crippen LogP) is 5.02. The van der Waals surface area contributed by atoms with Gasteiger partial charge in [0.25, 0.3) is 11.6 Å².